The number of carbonyl (C=O) groups is 1. The van der Waals surface area contributed by atoms with Gasteiger partial charge in [-0.3, -0.25) is 4.79 Å². The molecule has 6 nitrogen and oxygen atoms in total. The number of ether oxygens (including phenoxy) is 1. The smallest absolute Gasteiger partial charge is 0.270 e. The maximum Gasteiger partial charge on any atom is 0.270 e. The number of benzene rings is 1. The molecule has 0 radical (unpaired) electrons. The molecule has 0 atom stereocenters. The van der Waals surface area contributed by atoms with Crippen molar-refractivity contribution in [3.63, 3.8) is 0 Å². The first kappa shape index (κ1) is 16.8. The van der Waals surface area contributed by atoms with Crippen LogP contribution in [0.15, 0.2) is 24.3 Å². The number of anilines is 2. The molecule has 0 unspecified atom stereocenters. The summed E-state index contributed by atoms with van der Waals surface area (Å²) in [5.74, 6) is -1.52. The Morgan fingerprint density at radius 3 is 2.61 bits per heavy atom. The SMILES string of the molecule is COCCNC(=O)c1cc(Nc2c(F)cccc2F)nc(C)n1. The highest BCUT2D eigenvalue weighted by molar-refractivity contribution is 5.93. The molecule has 2 N–H and O–H groups in total. The van der Waals surface area contributed by atoms with Crippen molar-refractivity contribution >= 4 is 17.4 Å². The quantitative estimate of drug-likeness (QED) is 0.797. The second-order valence-corrected chi connectivity index (χ2v) is 4.66. The first-order valence-corrected chi connectivity index (χ1v) is 6.85. The normalized spacial score (nSPS) is 10.4. The van der Waals surface area contributed by atoms with E-state index in [1.54, 1.807) is 6.92 Å². The Bertz CT molecular complexity index is 690. The van der Waals surface area contributed by atoms with Crippen molar-refractivity contribution < 1.29 is 18.3 Å². The van der Waals surface area contributed by atoms with Crippen LogP contribution in [0.1, 0.15) is 16.3 Å². The van der Waals surface area contributed by atoms with Gasteiger partial charge >= 0.3 is 0 Å². The van der Waals surface area contributed by atoms with Gasteiger partial charge in [-0.1, -0.05) is 6.07 Å². The third kappa shape index (κ3) is 4.43. The number of hydrogen-bond donors (Lipinski definition) is 2. The lowest BCUT2D eigenvalue weighted by atomic mass is 10.2. The second-order valence-electron chi connectivity index (χ2n) is 4.66. The lowest BCUT2D eigenvalue weighted by Gasteiger charge is -2.10. The topological polar surface area (TPSA) is 76.1 Å². The van der Waals surface area contributed by atoms with Crippen LogP contribution in [0.5, 0.6) is 0 Å². The summed E-state index contributed by atoms with van der Waals surface area (Å²) in [5.41, 5.74) is -0.246. The monoisotopic (exact) mass is 322 g/mol. The van der Waals surface area contributed by atoms with Crippen LogP contribution in [0.3, 0.4) is 0 Å². The maximum atomic E-state index is 13.7. The number of nitrogens with one attached hydrogen (secondary N) is 2. The van der Waals surface area contributed by atoms with Crippen molar-refractivity contribution in [3.05, 3.63) is 47.4 Å². The minimum atomic E-state index is -0.757. The number of hydrogen-bond acceptors (Lipinski definition) is 5. The van der Waals surface area contributed by atoms with Gasteiger partial charge in [-0.15, -0.1) is 0 Å². The summed E-state index contributed by atoms with van der Waals surface area (Å²) in [4.78, 5) is 20.0. The van der Waals surface area contributed by atoms with Gasteiger partial charge < -0.3 is 15.4 Å². The molecule has 0 spiro atoms. The van der Waals surface area contributed by atoms with E-state index in [4.69, 9.17) is 4.74 Å². The fourth-order valence-corrected chi connectivity index (χ4v) is 1.85. The van der Waals surface area contributed by atoms with Crippen molar-refractivity contribution in [2.24, 2.45) is 0 Å². The molecule has 0 saturated heterocycles. The number of carbonyl (C=O) groups excluding carboxylic acids is 1. The summed E-state index contributed by atoms with van der Waals surface area (Å²) >= 11 is 0. The third-order valence-electron chi connectivity index (χ3n) is 2.88. The van der Waals surface area contributed by atoms with Crippen molar-refractivity contribution in [3.8, 4) is 0 Å². The van der Waals surface area contributed by atoms with Crippen LogP contribution >= 0.6 is 0 Å². The summed E-state index contributed by atoms with van der Waals surface area (Å²) in [6.45, 7) is 2.26. The molecule has 2 rings (SSSR count). The first-order valence-electron chi connectivity index (χ1n) is 6.85. The van der Waals surface area contributed by atoms with E-state index >= 15 is 0 Å². The van der Waals surface area contributed by atoms with E-state index in [1.165, 1.54) is 19.2 Å². The molecular formula is C15H16F2N4O2. The Hall–Kier alpha value is -2.61. The summed E-state index contributed by atoms with van der Waals surface area (Å²) < 4.78 is 32.2. The van der Waals surface area contributed by atoms with E-state index in [0.717, 1.165) is 12.1 Å². The van der Waals surface area contributed by atoms with Crippen LogP contribution in [0.4, 0.5) is 20.3 Å². The van der Waals surface area contributed by atoms with Gasteiger partial charge in [-0.05, 0) is 19.1 Å². The average Bonchev–Trinajstić information content (AvgIpc) is 2.51. The standard InChI is InChI=1S/C15H16F2N4O2/c1-9-19-12(15(22)18-6-7-23-2)8-13(20-9)21-14-10(16)4-3-5-11(14)17/h3-5,8H,6-7H2,1-2H3,(H,18,22)(H,19,20,21). The number of methoxy groups -OCH3 is 1. The Morgan fingerprint density at radius 1 is 1.26 bits per heavy atom. The number of para-hydroxylation sites is 1. The van der Waals surface area contributed by atoms with Gasteiger partial charge in [0.15, 0.2) is 0 Å². The van der Waals surface area contributed by atoms with Crippen LogP contribution in [-0.2, 0) is 4.74 Å². The van der Waals surface area contributed by atoms with Crippen LogP contribution in [0.25, 0.3) is 0 Å². The van der Waals surface area contributed by atoms with E-state index < -0.39 is 17.5 Å². The van der Waals surface area contributed by atoms with E-state index in [-0.39, 0.29) is 17.2 Å². The predicted octanol–water partition coefficient (Wildman–Crippen LogP) is 2.18. The third-order valence-corrected chi connectivity index (χ3v) is 2.88. The van der Waals surface area contributed by atoms with Gasteiger partial charge in [0.1, 0.15) is 34.7 Å². The molecule has 2 aromatic rings. The van der Waals surface area contributed by atoms with Gasteiger partial charge in [0.05, 0.1) is 6.61 Å². The van der Waals surface area contributed by atoms with Gasteiger partial charge in [-0.25, -0.2) is 18.7 Å². The summed E-state index contributed by atoms with van der Waals surface area (Å²) in [6.07, 6.45) is 0. The molecule has 0 aliphatic carbocycles. The second kappa shape index (κ2) is 7.59. The molecule has 0 bridgehead atoms. The fraction of sp³-hybridized carbons (Fsp3) is 0.267. The molecule has 1 aromatic carbocycles. The maximum absolute atomic E-state index is 13.7. The van der Waals surface area contributed by atoms with Crippen LogP contribution < -0.4 is 10.6 Å². The van der Waals surface area contributed by atoms with Crippen molar-refractivity contribution in [1.29, 1.82) is 0 Å². The lowest BCUT2D eigenvalue weighted by molar-refractivity contribution is 0.0932. The molecule has 1 heterocycles. The van der Waals surface area contributed by atoms with Crippen molar-refractivity contribution in [1.82, 2.24) is 15.3 Å². The fourth-order valence-electron chi connectivity index (χ4n) is 1.85. The zero-order chi connectivity index (χ0) is 16.8. The highest BCUT2D eigenvalue weighted by Gasteiger charge is 2.13. The summed E-state index contributed by atoms with van der Waals surface area (Å²) in [5, 5.41) is 5.15. The van der Waals surface area contributed by atoms with Crippen molar-refractivity contribution in [2.45, 2.75) is 6.92 Å². The molecule has 0 saturated carbocycles. The van der Waals surface area contributed by atoms with E-state index in [0.29, 0.717) is 19.0 Å². The molecular weight excluding hydrogens is 306 g/mol. The van der Waals surface area contributed by atoms with Crippen LogP contribution in [0, 0.1) is 18.6 Å². The van der Waals surface area contributed by atoms with Gasteiger partial charge in [0.2, 0.25) is 0 Å². The predicted molar refractivity (Wildman–Crippen MR) is 80.6 cm³/mol. The minimum absolute atomic E-state index is 0.0906. The van der Waals surface area contributed by atoms with Crippen LogP contribution in [-0.4, -0.2) is 36.1 Å². The molecule has 0 aliphatic heterocycles. The Balaban J connectivity index is 2.22. The van der Waals surface area contributed by atoms with Gasteiger partial charge in [0, 0.05) is 19.7 Å². The molecule has 0 aliphatic rings. The van der Waals surface area contributed by atoms with E-state index in [2.05, 4.69) is 20.6 Å². The van der Waals surface area contributed by atoms with Crippen LogP contribution in [0.2, 0.25) is 0 Å². The zero-order valence-electron chi connectivity index (χ0n) is 12.7. The number of aromatic nitrogens is 2. The first-order chi connectivity index (χ1) is 11.0. The van der Waals surface area contributed by atoms with Gasteiger partial charge in [-0.2, -0.15) is 0 Å². The Labute approximate surface area is 131 Å². The molecule has 122 valence electrons. The number of rotatable bonds is 6. The largest absolute Gasteiger partial charge is 0.383 e. The molecule has 1 amide bonds. The highest BCUT2D eigenvalue weighted by Crippen LogP contribution is 2.22. The van der Waals surface area contributed by atoms with Crippen molar-refractivity contribution in [2.75, 3.05) is 25.6 Å². The summed E-state index contributed by atoms with van der Waals surface area (Å²) in [7, 11) is 1.52. The average molecular weight is 322 g/mol. The molecule has 23 heavy (non-hydrogen) atoms. The van der Waals surface area contributed by atoms with E-state index in [1.807, 2.05) is 0 Å². The zero-order valence-corrected chi connectivity index (χ0v) is 12.7. The Kier molecular flexibility index (Phi) is 5.53. The number of nitrogens with zero attached hydrogens (tertiary/aromatic N) is 2. The number of amides is 1. The minimum Gasteiger partial charge on any atom is -0.383 e. The summed E-state index contributed by atoms with van der Waals surface area (Å²) in [6, 6.07) is 4.83. The number of halogens is 2. The lowest BCUT2D eigenvalue weighted by Crippen LogP contribution is -2.28. The molecule has 8 heteroatoms. The number of aryl methyl sites for hydroxylation is 1. The molecule has 1 aromatic heterocycles. The highest BCUT2D eigenvalue weighted by atomic mass is 19.1. The van der Waals surface area contributed by atoms with Gasteiger partial charge in [0.25, 0.3) is 5.91 Å². The molecule has 0 fully saturated rings. The van der Waals surface area contributed by atoms with E-state index in [9.17, 15) is 13.6 Å². The Morgan fingerprint density at radius 2 is 1.96 bits per heavy atom.